The van der Waals surface area contributed by atoms with E-state index in [1.165, 1.54) is 110 Å². The molecule has 0 aromatic heterocycles. The average Bonchev–Trinajstić information content (AvgIpc) is 3.06. The highest BCUT2D eigenvalue weighted by molar-refractivity contribution is 8.04. The largest absolute Gasteiger partial charge is 0.317 e. The van der Waals surface area contributed by atoms with E-state index < -0.39 is 24.8 Å². The van der Waals surface area contributed by atoms with E-state index in [-0.39, 0.29) is 19.8 Å². The van der Waals surface area contributed by atoms with Gasteiger partial charge in [-0.05, 0) is 71.3 Å². The van der Waals surface area contributed by atoms with E-state index in [0.717, 1.165) is 64.2 Å². The molecule has 7 nitrogen and oxygen atoms in total. The van der Waals surface area contributed by atoms with Crippen molar-refractivity contribution in [3.8, 4) is 0 Å². The Bertz CT molecular complexity index is 876. The monoisotopic (exact) mass is 720 g/mol. The predicted octanol–water partition coefficient (Wildman–Crippen LogP) is 11.3. The van der Waals surface area contributed by atoms with Crippen molar-refractivity contribution in [2.75, 3.05) is 26.8 Å². The molecule has 1 N–H and O–H groups in total. The molecule has 0 fully saturated rings. The van der Waals surface area contributed by atoms with Gasteiger partial charge < -0.3 is 5.32 Å². The van der Waals surface area contributed by atoms with Crippen molar-refractivity contribution in [2.45, 2.75) is 198 Å². The third-order valence-corrected chi connectivity index (χ3v) is 12.8. The van der Waals surface area contributed by atoms with E-state index in [4.69, 9.17) is 8.37 Å². The summed E-state index contributed by atoms with van der Waals surface area (Å²) in [5.74, 6) is 0. The average molecular weight is 720 g/mol. The third kappa shape index (κ3) is 30.1. The first-order valence-electron chi connectivity index (χ1n) is 20.0. The summed E-state index contributed by atoms with van der Waals surface area (Å²) < 4.78 is 59.6. The molecule has 0 aromatic carbocycles. The highest BCUT2D eigenvalue weighted by Gasteiger charge is 2.39. The number of rotatable bonds is 38. The first-order valence-corrected chi connectivity index (χ1v) is 23.0. The summed E-state index contributed by atoms with van der Waals surface area (Å²) in [6, 6.07) is 0. The van der Waals surface area contributed by atoms with E-state index >= 15 is 0 Å². The van der Waals surface area contributed by atoms with Gasteiger partial charge in [0, 0.05) is 6.54 Å². The lowest BCUT2D eigenvalue weighted by molar-refractivity contribution is 0.290. The summed E-state index contributed by atoms with van der Waals surface area (Å²) in [6.07, 6.45) is 41.8. The maximum absolute atomic E-state index is 12.8. The number of allylic oxidation sites excluding steroid dienone is 4. The van der Waals surface area contributed by atoms with Gasteiger partial charge in [0.05, 0.1) is 13.2 Å². The van der Waals surface area contributed by atoms with Crippen LogP contribution in [0.4, 0.5) is 0 Å². The Morgan fingerprint density at radius 3 is 1.00 bits per heavy atom. The SMILES string of the molecule is CCCCCCCC/C=C\CCCCCCCCOS(=O)(=O)C(CNC)S(=O)(=O)OCCCCCCCC/C=C\CCCCCCCC. The van der Waals surface area contributed by atoms with Crippen LogP contribution in [0.25, 0.3) is 0 Å². The van der Waals surface area contributed by atoms with E-state index in [1.807, 2.05) is 0 Å². The maximum Gasteiger partial charge on any atom is 0.288 e. The van der Waals surface area contributed by atoms with Crippen molar-refractivity contribution in [3.63, 3.8) is 0 Å². The van der Waals surface area contributed by atoms with Crippen molar-refractivity contribution in [1.29, 1.82) is 0 Å². The van der Waals surface area contributed by atoms with Crippen molar-refractivity contribution >= 4 is 20.2 Å². The Kier molecular flexibility index (Phi) is 34.2. The normalized spacial score (nSPS) is 12.8. The van der Waals surface area contributed by atoms with E-state index in [0.29, 0.717) is 12.8 Å². The number of hydrogen-bond donors (Lipinski definition) is 1. The quantitative estimate of drug-likeness (QED) is 0.0385. The second-order valence-corrected chi connectivity index (χ2v) is 17.4. The summed E-state index contributed by atoms with van der Waals surface area (Å²) in [4.78, 5) is 0. The van der Waals surface area contributed by atoms with Crippen LogP contribution in [0.15, 0.2) is 24.3 Å². The molecule has 0 aliphatic rings. The van der Waals surface area contributed by atoms with Crippen molar-refractivity contribution < 1.29 is 25.2 Å². The topological polar surface area (TPSA) is 98.8 Å². The lowest BCUT2D eigenvalue weighted by Crippen LogP contribution is -2.40. The molecule has 48 heavy (non-hydrogen) atoms. The van der Waals surface area contributed by atoms with Gasteiger partial charge in [-0.1, -0.05) is 154 Å². The molecule has 0 unspecified atom stereocenters. The lowest BCUT2D eigenvalue weighted by Gasteiger charge is -2.17. The van der Waals surface area contributed by atoms with Crippen LogP contribution in [0.5, 0.6) is 0 Å². The Morgan fingerprint density at radius 2 is 0.708 bits per heavy atom. The third-order valence-electron chi connectivity index (χ3n) is 8.82. The second kappa shape index (κ2) is 34.7. The molecule has 0 rings (SSSR count). The van der Waals surface area contributed by atoms with Crippen LogP contribution < -0.4 is 5.32 Å². The molecule has 0 aliphatic carbocycles. The zero-order chi connectivity index (χ0) is 35.4. The molecule has 0 aromatic rings. The molecule has 9 heteroatoms. The molecule has 286 valence electrons. The number of hydrogen-bond acceptors (Lipinski definition) is 7. The van der Waals surface area contributed by atoms with Gasteiger partial charge in [0.2, 0.25) is 4.58 Å². The fourth-order valence-corrected chi connectivity index (χ4v) is 8.95. The maximum atomic E-state index is 12.8. The fraction of sp³-hybridized carbons (Fsp3) is 0.897. The Balaban J connectivity index is 3.95. The molecule has 0 heterocycles. The zero-order valence-electron chi connectivity index (χ0n) is 31.6. The van der Waals surface area contributed by atoms with E-state index in [2.05, 4.69) is 43.5 Å². The fourth-order valence-electron chi connectivity index (χ4n) is 5.72. The summed E-state index contributed by atoms with van der Waals surface area (Å²) >= 11 is 0. The van der Waals surface area contributed by atoms with Gasteiger partial charge in [-0.25, -0.2) is 0 Å². The first-order chi connectivity index (χ1) is 23.3. The molecule has 0 radical (unpaired) electrons. The van der Waals surface area contributed by atoms with Gasteiger partial charge in [0.1, 0.15) is 0 Å². The molecule has 0 amide bonds. The summed E-state index contributed by atoms with van der Waals surface area (Å²) in [5.41, 5.74) is 0. The van der Waals surface area contributed by atoms with Gasteiger partial charge in [0.15, 0.2) is 0 Å². The molecule has 0 spiro atoms. The zero-order valence-corrected chi connectivity index (χ0v) is 33.2. The Labute approximate surface area is 299 Å². The van der Waals surface area contributed by atoms with Gasteiger partial charge in [-0.3, -0.25) is 8.37 Å². The molecule has 0 aliphatic heterocycles. The lowest BCUT2D eigenvalue weighted by atomic mass is 10.1. The first kappa shape index (κ1) is 47.3. The van der Waals surface area contributed by atoms with Crippen molar-refractivity contribution in [1.82, 2.24) is 5.32 Å². The molecule has 0 saturated heterocycles. The van der Waals surface area contributed by atoms with Crippen LogP contribution in [0, 0.1) is 0 Å². The van der Waals surface area contributed by atoms with Crippen LogP contribution in [0.3, 0.4) is 0 Å². The van der Waals surface area contributed by atoms with E-state index in [1.54, 1.807) is 0 Å². The smallest absolute Gasteiger partial charge is 0.288 e. The predicted molar refractivity (Wildman–Crippen MR) is 206 cm³/mol. The highest BCUT2D eigenvalue weighted by atomic mass is 32.3. The van der Waals surface area contributed by atoms with E-state index in [9.17, 15) is 16.8 Å². The van der Waals surface area contributed by atoms with Crippen LogP contribution in [-0.4, -0.2) is 48.2 Å². The summed E-state index contributed by atoms with van der Waals surface area (Å²) in [6.45, 7) is 4.22. The highest BCUT2D eigenvalue weighted by Crippen LogP contribution is 2.17. The van der Waals surface area contributed by atoms with Gasteiger partial charge in [-0.15, -0.1) is 0 Å². The second-order valence-electron chi connectivity index (χ2n) is 13.5. The molecule has 0 bridgehead atoms. The molecule has 0 saturated carbocycles. The molecular formula is C39H77NO6S2. The summed E-state index contributed by atoms with van der Waals surface area (Å²) in [5, 5.41) is 2.67. The minimum Gasteiger partial charge on any atom is -0.317 e. The van der Waals surface area contributed by atoms with Crippen LogP contribution >= 0.6 is 0 Å². The van der Waals surface area contributed by atoms with Crippen LogP contribution in [-0.2, 0) is 28.6 Å². The summed E-state index contributed by atoms with van der Waals surface area (Å²) in [7, 11) is -7.13. The van der Waals surface area contributed by atoms with Crippen molar-refractivity contribution in [3.05, 3.63) is 24.3 Å². The van der Waals surface area contributed by atoms with Crippen LogP contribution in [0.1, 0.15) is 194 Å². The van der Waals surface area contributed by atoms with Gasteiger partial charge >= 0.3 is 0 Å². The van der Waals surface area contributed by atoms with Crippen LogP contribution in [0.2, 0.25) is 0 Å². The van der Waals surface area contributed by atoms with Gasteiger partial charge in [-0.2, -0.15) is 16.8 Å². The van der Waals surface area contributed by atoms with Crippen molar-refractivity contribution in [2.24, 2.45) is 0 Å². The Morgan fingerprint density at radius 1 is 0.438 bits per heavy atom. The number of unbranched alkanes of at least 4 members (excludes halogenated alkanes) is 24. The minimum absolute atomic E-state index is 0.00579. The number of nitrogens with one attached hydrogen (secondary N) is 1. The Hall–Kier alpha value is -0.740. The molecule has 0 atom stereocenters. The standard InChI is InChI=1S/C39H77NO6S2/c1-4-6-8-10-12-14-16-18-20-22-24-26-28-30-32-34-36-45-47(41,42)39(38-40-3)48(43,44)46-37-35-33-31-29-27-25-23-21-19-17-15-13-11-9-7-5-2/h18-21,39-40H,4-17,22-38H2,1-3H3/b20-18-,21-19-. The molecular weight excluding hydrogens is 643 g/mol. The van der Waals surface area contributed by atoms with Gasteiger partial charge in [0.25, 0.3) is 20.2 Å². The minimum atomic E-state index is -4.32.